The Morgan fingerprint density at radius 1 is 1.14 bits per heavy atom. The van der Waals surface area contributed by atoms with Gasteiger partial charge >= 0.3 is 0 Å². The molecule has 3 nitrogen and oxygen atoms in total. The zero-order valence-corrected chi connectivity index (χ0v) is 13.6. The molecule has 3 atom stereocenters. The number of hydrogen-bond donors (Lipinski definition) is 1. The predicted molar refractivity (Wildman–Crippen MR) is 85.4 cm³/mol. The van der Waals surface area contributed by atoms with Gasteiger partial charge in [-0.1, -0.05) is 19.9 Å². The van der Waals surface area contributed by atoms with E-state index in [2.05, 4.69) is 37.1 Å². The summed E-state index contributed by atoms with van der Waals surface area (Å²) in [5, 5.41) is 3.54. The van der Waals surface area contributed by atoms with Crippen molar-refractivity contribution in [3.8, 4) is 5.88 Å². The lowest BCUT2D eigenvalue weighted by Gasteiger charge is -2.32. The van der Waals surface area contributed by atoms with Crippen LogP contribution in [0, 0.1) is 18.8 Å². The summed E-state index contributed by atoms with van der Waals surface area (Å²) in [6.45, 7) is 7.71. The molecule has 1 aromatic heterocycles. The zero-order valence-electron chi connectivity index (χ0n) is 13.6. The van der Waals surface area contributed by atoms with Crippen LogP contribution in [0.5, 0.6) is 5.88 Å². The molecule has 21 heavy (non-hydrogen) atoms. The molecule has 0 saturated heterocycles. The molecule has 1 N–H and O–H groups in total. The highest BCUT2D eigenvalue weighted by atomic mass is 16.5. The van der Waals surface area contributed by atoms with Crippen molar-refractivity contribution in [1.29, 1.82) is 0 Å². The normalized spacial score (nSPS) is 29.4. The largest absolute Gasteiger partial charge is 0.474 e. The minimum Gasteiger partial charge on any atom is -0.474 e. The Hall–Kier alpha value is -1.09. The van der Waals surface area contributed by atoms with Crippen LogP contribution in [0.3, 0.4) is 0 Å². The molecule has 0 radical (unpaired) electrons. The molecule has 2 fully saturated rings. The molecule has 0 bridgehead atoms. The van der Waals surface area contributed by atoms with Crippen LogP contribution in [-0.2, 0) is 6.54 Å². The van der Waals surface area contributed by atoms with Gasteiger partial charge in [0.05, 0.1) is 0 Å². The molecule has 3 unspecified atom stereocenters. The number of aryl methyl sites for hydroxylation is 1. The van der Waals surface area contributed by atoms with Crippen molar-refractivity contribution in [3.05, 3.63) is 23.4 Å². The van der Waals surface area contributed by atoms with Crippen molar-refractivity contribution in [2.75, 3.05) is 0 Å². The van der Waals surface area contributed by atoms with E-state index in [0.717, 1.165) is 48.8 Å². The Morgan fingerprint density at radius 3 is 2.62 bits per heavy atom. The van der Waals surface area contributed by atoms with Gasteiger partial charge < -0.3 is 10.1 Å². The van der Waals surface area contributed by atoms with Crippen LogP contribution in [0.4, 0.5) is 0 Å². The monoisotopic (exact) mass is 288 g/mol. The number of aromatic nitrogens is 1. The molecular weight excluding hydrogens is 260 g/mol. The summed E-state index contributed by atoms with van der Waals surface area (Å²) < 4.78 is 6.12. The van der Waals surface area contributed by atoms with Crippen LogP contribution >= 0.6 is 0 Å². The second-order valence-corrected chi connectivity index (χ2v) is 7.06. The van der Waals surface area contributed by atoms with Gasteiger partial charge in [-0.05, 0) is 56.4 Å². The van der Waals surface area contributed by atoms with Crippen LogP contribution < -0.4 is 10.1 Å². The second kappa shape index (κ2) is 6.35. The van der Waals surface area contributed by atoms with Crippen molar-refractivity contribution < 1.29 is 4.74 Å². The molecule has 1 aromatic rings. The van der Waals surface area contributed by atoms with E-state index in [1.54, 1.807) is 0 Å². The Bertz CT molecular complexity index is 484. The van der Waals surface area contributed by atoms with Gasteiger partial charge in [0.25, 0.3) is 0 Å². The third kappa shape index (κ3) is 3.97. The maximum atomic E-state index is 6.12. The molecule has 2 aliphatic carbocycles. The van der Waals surface area contributed by atoms with Gasteiger partial charge in [0.2, 0.25) is 5.88 Å². The van der Waals surface area contributed by atoms with Crippen molar-refractivity contribution in [2.24, 2.45) is 11.8 Å². The fraction of sp³-hybridized carbons (Fsp3) is 0.722. The Kier molecular flexibility index (Phi) is 4.48. The van der Waals surface area contributed by atoms with E-state index >= 15 is 0 Å². The van der Waals surface area contributed by atoms with E-state index < -0.39 is 0 Å². The Labute approximate surface area is 128 Å². The zero-order chi connectivity index (χ0) is 14.8. The molecule has 2 saturated carbocycles. The summed E-state index contributed by atoms with van der Waals surface area (Å²) in [7, 11) is 0. The molecule has 2 aliphatic rings. The number of ether oxygens (including phenoxy) is 1. The lowest BCUT2D eigenvalue weighted by atomic mass is 9.80. The van der Waals surface area contributed by atoms with Gasteiger partial charge in [-0.15, -0.1) is 0 Å². The summed E-state index contributed by atoms with van der Waals surface area (Å²) in [6.07, 6.45) is 6.59. The maximum absolute atomic E-state index is 6.12. The molecular formula is C18H28N2O. The van der Waals surface area contributed by atoms with E-state index in [1.165, 1.54) is 24.8 Å². The molecule has 3 rings (SSSR count). The average Bonchev–Trinajstić information content (AvgIpc) is 3.26. The van der Waals surface area contributed by atoms with E-state index in [-0.39, 0.29) is 0 Å². The molecule has 0 aliphatic heterocycles. The fourth-order valence-electron chi connectivity index (χ4n) is 3.14. The lowest BCUT2D eigenvalue weighted by Crippen LogP contribution is -2.29. The summed E-state index contributed by atoms with van der Waals surface area (Å²) in [5.74, 6) is 2.39. The van der Waals surface area contributed by atoms with Crippen molar-refractivity contribution in [3.63, 3.8) is 0 Å². The molecule has 0 amide bonds. The highest BCUT2D eigenvalue weighted by Crippen LogP contribution is 2.31. The van der Waals surface area contributed by atoms with Crippen molar-refractivity contribution in [2.45, 2.75) is 71.6 Å². The van der Waals surface area contributed by atoms with E-state index in [0.29, 0.717) is 6.10 Å². The quantitative estimate of drug-likeness (QED) is 0.893. The Morgan fingerprint density at radius 2 is 1.95 bits per heavy atom. The molecule has 0 spiro atoms. The topological polar surface area (TPSA) is 34.1 Å². The van der Waals surface area contributed by atoms with E-state index in [9.17, 15) is 0 Å². The second-order valence-electron chi connectivity index (χ2n) is 7.06. The summed E-state index contributed by atoms with van der Waals surface area (Å²) in [4.78, 5) is 4.65. The predicted octanol–water partition coefficient (Wildman–Crippen LogP) is 3.85. The summed E-state index contributed by atoms with van der Waals surface area (Å²) in [5.41, 5.74) is 2.39. The van der Waals surface area contributed by atoms with Crippen LogP contribution in [0.1, 0.15) is 57.2 Å². The molecule has 3 heteroatoms. The number of hydrogen-bond acceptors (Lipinski definition) is 3. The van der Waals surface area contributed by atoms with Crippen LogP contribution in [0.15, 0.2) is 12.1 Å². The van der Waals surface area contributed by atoms with E-state index in [4.69, 9.17) is 4.74 Å². The van der Waals surface area contributed by atoms with Crippen LogP contribution in [0.25, 0.3) is 0 Å². The van der Waals surface area contributed by atoms with E-state index in [1.807, 2.05) is 6.07 Å². The highest BCUT2D eigenvalue weighted by molar-refractivity contribution is 5.25. The standard InChI is InChI=1S/C18H28N2O/c1-12-4-8-17(10-13(12)2)21-18-9-5-15(14(3)20-18)11-19-16-6-7-16/h5,9,12-13,16-17,19H,4,6-8,10-11H2,1-3H3. The highest BCUT2D eigenvalue weighted by Gasteiger charge is 2.26. The number of nitrogens with one attached hydrogen (secondary N) is 1. The third-order valence-electron chi connectivity index (χ3n) is 5.17. The minimum atomic E-state index is 0.346. The smallest absolute Gasteiger partial charge is 0.213 e. The number of pyridine rings is 1. The van der Waals surface area contributed by atoms with Gasteiger partial charge in [0, 0.05) is 24.3 Å². The summed E-state index contributed by atoms with van der Waals surface area (Å²) in [6, 6.07) is 4.95. The first-order valence-electron chi connectivity index (χ1n) is 8.48. The summed E-state index contributed by atoms with van der Waals surface area (Å²) >= 11 is 0. The average molecular weight is 288 g/mol. The maximum Gasteiger partial charge on any atom is 0.213 e. The van der Waals surface area contributed by atoms with Gasteiger partial charge in [-0.25, -0.2) is 4.98 Å². The number of nitrogens with zero attached hydrogens (tertiary/aromatic N) is 1. The minimum absolute atomic E-state index is 0.346. The van der Waals surface area contributed by atoms with Crippen molar-refractivity contribution in [1.82, 2.24) is 10.3 Å². The molecule has 1 heterocycles. The van der Waals surface area contributed by atoms with Gasteiger partial charge in [-0.2, -0.15) is 0 Å². The van der Waals surface area contributed by atoms with Gasteiger partial charge in [0.15, 0.2) is 0 Å². The van der Waals surface area contributed by atoms with Gasteiger partial charge in [-0.3, -0.25) is 0 Å². The fourth-order valence-corrected chi connectivity index (χ4v) is 3.14. The first kappa shape index (κ1) is 14.8. The Balaban J connectivity index is 1.56. The molecule has 116 valence electrons. The van der Waals surface area contributed by atoms with Crippen LogP contribution in [0.2, 0.25) is 0 Å². The number of rotatable bonds is 5. The SMILES string of the molecule is Cc1nc(OC2CCC(C)C(C)C2)ccc1CNC1CC1. The van der Waals surface area contributed by atoms with Crippen LogP contribution in [-0.4, -0.2) is 17.1 Å². The van der Waals surface area contributed by atoms with Gasteiger partial charge in [0.1, 0.15) is 6.10 Å². The molecule has 0 aromatic carbocycles. The van der Waals surface area contributed by atoms with Crippen molar-refractivity contribution >= 4 is 0 Å². The first-order chi connectivity index (χ1) is 10.1. The first-order valence-corrected chi connectivity index (χ1v) is 8.48. The lowest BCUT2D eigenvalue weighted by molar-refractivity contribution is 0.0963. The third-order valence-corrected chi connectivity index (χ3v) is 5.17.